The van der Waals surface area contributed by atoms with Gasteiger partial charge >= 0.3 is 0 Å². The average molecular weight is 142 g/mol. The van der Waals surface area contributed by atoms with E-state index < -0.39 is 0 Å². The van der Waals surface area contributed by atoms with E-state index >= 15 is 0 Å². The van der Waals surface area contributed by atoms with Crippen LogP contribution in [-0.2, 0) is 0 Å². The van der Waals surface area contributed by atoms with Crippen LogP contribution in [0, 0.1) is 5.92 Å². The van der Waals surface area contributed by atoms with Crippen molar-refractivity contribution in [2.75, 3.05) is 13.6 Å². The highest BCUT2D eigenvalue weighted by Gasteiger charge is 1.97. The molecular formula is C9H20N-. The van der Waals surface area contributed by atoms with Crippen LogP contribution < -0.4 is 0 Å². The summed E-state index contributed by atoms with van der Waals surface area (Å²) < 4.78 is 0. The van der Waals surface area contributed by atoms with Crippen molar-refractivity contribution in [1.29, 1.82) is 0 Å². The molecule has 0 heterocycles. The zero-order valence-electron chi connectivity index (χ0n) is 7.56. The predicted octanol–water partition coefficient (Wildman–Crippen LogP) is 3.21. The normalized spacial score (nSPS) is 13.5. The highest BCUT2D eigenvalue weighted by molar-refractivity contribution is 4.75. The summed E-state index contributed by atoms with van der Waals surface area (Å²) in [5.74, 6) is 0.852. The van der Waals surface area contributed by atoms with E-state index in [1.54, 1.807) is 0 Å². The van der Waals surface area contributed by atoms with Gasteiger partial charge < -0.3 is 5.32 Å². The molecule has 0 saturated heterocycles. The third kappa shape index (κ3) is 4.80. The van der Waals surface area contributed by atoms with Gasteiger partial charge in [-0.2, -0.15) is 7.05 Å². The van der Waals surface area contributed by atoms with Crippen LogP contribution in [0.25, 0.3) is 5.32 Å². The first-order valence-electron chi connectivity index (χ1n) is 4.40. The highest BCUT2D eigenvalue weighted by atomic mass is 14.8. The molecule has 1 nitrogen and oxygen atoms in total. The Kier molecular flexibility index (Phi) is 7.04. The second kappa shape index (κ2) is 7.07. The fourth-order valence-corrected chi connectivity index (χ4v) is 1.18. The molecule has 0 aromatic heterocycles. The van der Waals surface area contributed by atoms with Gasteiger partial charge in [0.1, 0.15) is 0 Å². The first kappa shape index (κ1) is 9.96. The largest absolute Gasteiger partial charge is 0.665 e. The van der Waals surface area contributed by atoms with Crippen molar-refractivity contribution in [2.24, 2.45) is 5.92 Å². The first-order chi connectivity index (χ1) is 4.85. The summed E-state index contributed by atoms with van der Waals surface area (Å²) >= 11 is 0. The number of rotatable bonds is 6. The standard InChI is InChI=1S/C9H20N/c1-4-6-7-9(5-2)8-10-3/h9H,4-8H2,1-3H3/q-1. The van der Waals surface area contributed by atoms with Crippen LogP contribution in [0.5, 0.6) is 0 Å². The first-order valence-corrected chi connectivity index (χ1v) is 4.40. The summed E-state index contributed by atoms with van der Waals surface area (Å²) in [5.41, 5.74) is 0. The van der Waals surface area contributed by atoms with Crippen molar-refractivity contribution in [1.82, 2.24) is 0 Å². The third-order valence-corrected chi connectivity index (χ3v) is 1.98. The van der Waals surface area contributed by atoms with E-state index in [2.05, 4.69) is 19.2 Å². The molecule has 10 heavy (non-hydrogen) atoms. The quantitative estimate of drug-likeness (QED) is 0.540. The van der Waals surface area contributed by atoms with Crippen molar-refractivity contribution in [3.8, 4) is 0 Å². The molecule has 0 saturated carbocycles. The van der Waals surface area contributed by atoms with Crippen LogP contribution in [0.3, 0.4) is 0 Å². The van der Waals surface area contributed by atoms with E-state index in [9.17, 15) is 0 Å². The number of nitrogens with zero attached hydrogens (tertiary/aromatic N) is 1. The maximum Gasteiger partial charge on any atom is -0.0521 e. The summed E-state index contributed by atoms with van der Waals surface area (Å²) in [6.07, 6.45) is 5.34. The molecule has 1 heteroatoms. The van der Waals surface area contributed by atoms with Gasteiger partial charge in [-0.3, -0.25) is 0 Å². The predicted molar refractivity (Wildman–Crippen MR) is 47.5 cm³/mol. The molecule has 62 valence electrons. The van der Waals surface area contributed by atoms with Gasteiger partial charge in [0, 0.05) is 0 Å². The van der Waals surface area contributed by atoms with Crippen LogP contribution in [0.4, 0.5) is 0 Å². The molecule has 0 aliphatic rings. The second-order valence-corrected chi connectivity index (χ2v) is 2.92. The van der Waals surface area contributed by atoms with Gasteiger partial charge in [0.25, 0.3) is 0 Å². The van der Waals surface area contributed by atoms with E-state index in [4.69, 9.17) is 0 Å². The van der Waals surface area contributed by atoms with Gasteiger partial charge in [-0.15, -0.1) is 6.54 Å². The van der Waals surface area contributed by atoms with Crippen LogP contribution >= 0.6 is 0 Å². The van der Waals surface area contributed by atoms with Crippen molar-refractivity contribution in [3.05, 3.63) is 5.32 Å². The molecule has 0 aromatic rings. The van der Waals surface area contributed by atoms with Gasteiger partial charge in [-0.1, -0.05) is 45.4 Å². The van der Waals surface area contributed by atoms with Gasteiger partial charge in [0.15, 0.2) is 0 Å². The van der Waals surface area contributed by atoms with E-state index in [1.165, 1.54) is 25.7 Å². The van der Waals surface area contributed by atoms with Crippen LogP contribution in [0.1, 0.15) is 39.5 Å². The average Bonchev–Trinajstić information content (AvgIpc) is 1.98. The maximum atomic E-state index is 4.16. The zero-order valence-corrected chi connectivity index (χ0v) is 7.56. The monoisotopic (exact) mass is 142 g/mol. The molecule has 0 aliphatic carbocycles. The number of hydrogen-bond donors (Lipinski definition) is 0. The Hall–Kier alpha value is -0.0400. The number of unbranched alkanes of at least 4 members (excludes halogenated alkanes) is 1. The van der Waals surface area contributed by atoms with Crippen molar-refractivity contribution in [3.63, 3.8) is 0 Å². The Labute approximate surface area is 65.2 Å². The van der Waals surface area contributed by atoms with E-state index in [-0.39, 0.29) is 0 Å². The molecule has 0 bridgehead atoms. The molecule has 0 aliphatic heterocycles. The lowest BCUT2D eigenvalue weighted by Crippen LogP contribution is -2.03. The molecule has 0 fully saturated rings. The van der Waals surface area contributed by atoms with E-state index in [0.29, 0.717) is 0 Å². The highest BCUT2D eigenvalue weighted by Crippen LogP contribution is 2.13. The minimum absolute atomic E-state index is 0.852. The van der Waals surface area contributed by atoms with Crippen molar-refractivity contribution >= 4 is 0 Å². The molecule has 0 spiro atoms. The third-order valence-electron chi connectivity index (χ3n) is 1.98. The molecule has 1 atom stereocenters. The number of hydrogen-bond acceptors (Lipinski definition) is 0. The molecule has 0 aromatic carbocycles. The lowest BCUT2D eigenvalue weighted by Gasteiger charge is -2.21. The van der Waals surface area contributed by atoms with E-state index in [1.807, 2.05) is 7.05 Å². The van der Waals surface area contributed by atoms with Gasteiger partial charge in [0.05, 0.1) is 0 Å². The van der Waals surface area contributed by atoms with Crippen LogP contribution in [-0.4, -0.2) is 13.6 Å². The smallest absolute Gasteiger partial charge is 0.0521 e. The Morgan fingerprint density at radius 2 is 2.00 bits per heavy atom. The lowest BCUT2D eigenvalue weighted by atomic mass is 10.00. The summed E-state index contributed by atoms with van der Waals surface area (Å²) in [5, 5.41) is 4.16. The molecule has 0 radical (unpaired) electrons. The minimum atomic E-state index is 0.852. The second-order valence-electron chi connectivity index (χ2n) is 2.92. The lowest BCUT2D eigenvalue weighted by molar-refractivity contribution is 0.477. The summed E-state index contributed by atoms with van der Waals surface area (Å²) in [7, 11) is 1.91. The van der Waals surface area contributed by atoms with Gasteiger partial charge in [0.2, 0.25) is 0 Å². The van der Waals surface area contributed by atoms with Crippen LogP contribution in [0.2, 0.25) is 0 Å². The summed E-state index contributed by atoms with van der Waals surface area (Å²) in [4.78, 5) is 0. The topological polar surface area (TPSA) is 14.1 Å². The molecule has 0 amide bonds. The minimum Gasteiger partial charge on any atom is -0.665 e. The summed E-state index contributed by atoms with van der Waals surface area (Å²) in [6.45, 7) is 5.57. The Morgan fingerprint density at radius 3 is 2.40 bits per heavy atom. The summed E-state index contributed by atoms with van der Waals surface area (Å²) in [6, 6.07) is 0. The van der Waals surface area contributed by atoms with Crippen molar-refractivity contribution in [2.45, 2.75) is 39.5 Å². The fraction of sp³-hybridized carbons (Fsp3) is 1.00. The molecule has 0 rings (SSSR count). The zero-order chi connectivity index (χ0) is 7.82. The molecule has 1 unspecified atom stereocenters. The van der Waals surface area contributed by atoms with E-state index in [0.717, 1.165) is 12.5 Å². The fourth-order valence-electron chi connectivity index (χ4n) is 1.18. The molecule has 0 N–H and O–H groups in total. The van der Waals surface area contributed by atoms with Crippen molar-refractivity contribution < 1.29 is 0 Å². The Bertz CT molecular complexity index is 61.7. The molecular weight excluding hydrogens is 122 g/mol. The maximum absolute atomic E-state index is 4.16. The van der Waals surface area contributed by atoms with Crippen LogP contribution in [0.15, 0.2) is 0 Å². The Balaban J connectivity index is 3.21. The van der Waals surface area contributed by atoms with Gasteiger partial charge in [-0.25, -0.2) is 0 Å². The Morgan fingerprint density at radius 1 is 1.30 bits per heavy atom. The van der Waals surface area contributed by atoms with Gasteiger partial charge in [-0.05, 0) is 0 Å². The SMILES string of the molecule is CCCCC(CC)C[N-]C.